The first-order valence-electron chi connectivity index (χ1n) is 10.2. The molecular formula is C21H30N8O. The molecule has 0 atom stereocenters. The highest BCUT2D eigenvalue weighted by Gasteiger charge is 2.23. The molecule has 1 aromatic carbocycles. The van der Waals surface area contributed by atoms with Crippen LogP contribution in [0.2, 0.25) is 0 Å². The lowest BCUT2D eigenvalue weighted by atomic mass is 10.1. The fourth-order valence-electron chi connectivity index (χ4n) is 3.74. The number of aromatic nitrogens is 4. The maximum absolute atomic E-state index is 6.32. The zero-order valence-electron chi connectivity index (χ0n) is 18.2. The number of piperazine rings is 1. The predicted octanol–water partition coefficient (Wildman–Crippen LogP) is 1.30. The van der Waals surface area contributed by atoms with Gasteiger partial charge in [0, 0.05) is 51.9 Å². The summed E-state index contributed by atoms with van der Waals surface area (Å²) in [7, 11) is 7.71. The molecule has 160 valence electrons. The fraction of sp³-hybridized carbons (Fsp3) is 0.476. The van der Waals surface area contributed by atoms with Gasteiger partial charge in [-0.25, -0.2) is 4.98 Å². The molecular weight excluding hydrogens is 380 g/mol. The summed E-state index contributed by atoms with van der Waals surface area (Å²) in [5, 5.41) is 5.30. The van der Waals surface area contributed by atoms with Crippen LogP contribution < -0.4 is 15.4 Å². The van der Waals surface area contributed by atoms with Crippen molar-refractivity contribution in [2.75, 3.05) is 71.1 Å². The van der Waals surface area contributed by atoms with Crippen LogP contribution in [0.15, 0.2) is 24.3 Å². The Labute approximate surface area is 177 Å². The first-order valence-corrected chi connectivity index (χ1v) is 10.2. The third-order valence-corrected chi connectivity index (χ3v) is 5.59. The van der Waals surface area contributed by atoms with Crippen molar-refractivity contribution >= 4 is 22.8 Å². The smallest absolute Gasteiger partial charge is 0.228 e. The second-order valence-electron chi connectivity index (χ2n) is 7.94. The molecule has 1 fully saturated rings. The van der Waals surface area contributed by atoms with Gasteiger partial charge < -0.3 is 20.3 Å². The number of rotatable bonds is 6. The van der Waals surface area contributed by atoms with E-state index < -0.39 is 0 Å². The zero-order chi connectivity index (χ0) is 21.3. The van der Waals surface area contributed by atoms with Gasteiger partial charge in [0.05, 0.1) is 18.2 Å². The van der Waals surface area contributed by atoms with Gasteiger partial charge in [0.1, 0.15) is 11.6 Å². The third-order valence-electron chi connectivity index (χ3n) is 5.59. The highest BCUT2D eigenvalue weighted by Crippen LogP contribution is 2.33. The number of hydrogen-bond acceptors (Lipinski definition) is 8. The molecule has 1 aliphatic rings. The molecule has 1 saturated heterocycles. The van der Waals surface area contributed by atoms with E-state index in [1.165, 1.54) is 0 Å². The zero-order valence-corrected chi connectivity index (χ0v) is 18.2. The van der Waals surface area contributed by atoms with Gasteiger partial charge in [-0.2, -0.15) is 10.1 Å². The number of nitrogens with zero attached hydrogens (tertiary/aromatic N) is 7. The molecule has 0 bridgehead atoms. The van der Waals surface area contributed by atoms with Gasteiger partial charge in [0.2, 0.25) is 5.95 Å². The number of nitrogen functional groups attached to an aromatic ring is 1. The van der Waals surface area contributed by atoms with Crippen molar-refractivity contribution in [3.8, 4) is 17.0 Å². The third kappa shape index (κ3) is 4.03. The Morgan fingerprint density at radius 2 is 1.90 bits per heavy atom. The quantitative estimate of drug-likeness (QED) is 0.651. The number of likely N-dealkylation sites (N-methyl/N-ethyl adjacent to an activating group) is 1. The van der Waals surface area contributed by atoms with E-state index in [4.69, 9.17) is 20.4 Å². The minimum atomic E-state index is 0.558. The maximum atomic E-state index is 6.32. The van der Waals surface area contributed by atoms with E-state index in [0.717, 1.165) is 61.7 Å². The van der Waals surface area contributed by atoms with E-state index in [1.807, 2.05) is 31.3 Å². The van der Waals surface area contributed by atoms with Crippen LogP contribution in [0, 0.1) is 0 Å². The lowest BCUT2D eigenvalue weighted by molar-refractivity contribution is 0.229. The van der Waals surface area contributed by atoms with E-state index in [-0.39, 0.29) is 0 Å². The second-order valence-corrected chi connectivity index (χ2v) is 7.94. The maximum Gasteiger partial charge on any atom is 0.228 e. The first kappa shape index (κ1) is 20.4. The van der Waals surface area contributed by atoms with E-state index in [2.05, 4.69) is 33.9 Å². The van der Waals surface area contributed by atoms with Gasteiger partial charge >= 0.3 is 0 Å². The number of fused-ring (bicyclic) bond motifs is 1. The van der Waals surface area contributed by atoms with Crippen molar-refractivity contribution in [2.45, 2.75) is 0 Å². The predicted molar refractivity (Wildman–Crippen MR) is 120 cm³/mol. The molecule has 2 N–H and O–H groups in total. The van der Waals surface area contributed by atoms with Crippen LogP contribution >= 0.6 is 0 Å². The molecule has 0 spiro atoms. The molecule has 0 saturated carbocycles. The molecule has 4 rings (SSSR count). The summed E-state index contributed by atoms with van der Waals surface area (Å²) in [6.45, 7) is 5.90. The van der Waals surface area contributed by atoms with Gasteiger partial charge in [-0.15, -0.1) is 0 Å². The lowest BCUT2D eigenvalue weighted by Gasteiger charge is -2.35. The van der Waals surface area contributed by atoms with E-state index in [1.54, 1.807) is 11.8 Å². The number of nitrogens with two attached hydrogens (primary N) is 1. The molecule has 0 radical (unpaired) electrons. The summed E-state index contributed by atoms with van der Waals surface area (Å²) in [6.07, 6.45) is 0. The lowest BCUT2D eigenvalue weighted by Crippen LogP contribution is -2.48. The molecule has 9 heteroatoms. The first-order chi connectivity index (χ1) is 14.5. The van der Waals surface area contributed by atoms with Gasteiger partial charge in [0.15, 0.2) is 5.65 Å². The molecule has 1 aliphatic heterocycles. The van der Waals surface area contributed by atoms with Gasteiger partial charge in [0.25, 0.3) is 0 Å². The molecule has 3 aromatic rings. The number of aryl methyl sites for hydroxylation is 1. The van der Waals surface area contributed by atoms with Gasteiger partial charge in [-0.1, -0.05) is 12.1 Å². The Morgan fingerprint density at radius 3 is 2.60 bits per heavy atom. The number of ether oxygens (including phenoxy) is 1. The van der Waals surface area contributed by atoms with Crippen molar-refractivity contribution < 1.29 is 4.74 Å². The summed E-state index contributed by atoms with van der Waals surface area (Å²) in [5.41, 5.74) is 8.66. The van der Waals surface area contributed by atoms with Crippen LogP contribution in [0.3, 0.4) is 0 Å². The average Bonchev–Trinajstić information content (AvgIpc) is 3.05. The highest BCUT2D eigenvalue weighted by atomic mass is 16.5. The molecule has 0 unspecified atom stereocenters. The van der Waals surface area contributed by atoms with Crippen LogP contribution in [-0.2, 0) is 7.05 Å². The number of anilines is 2. The summed E-state index contributed by atoms with van der Waals surface area (Å²) >= 11 is 0. The Hall–Kier alpha value is -2.91. The summed E-state index contributed by atoms with van der Waals surface area (Å²) < 4.78 is 7.07. The molecule has 30 heavy (non-hydrogen) atoms. The number of methoxy groups -OCH3 is 1. The Bertz CT molecular complexity index is 1020. The highest BCUT2D eigenvalue weighted by molar-refractivity contribution is 5.99. The molecule has 0 amide bonds. The largest absolute Gasteiger partial charge is 0.497 e. The summed E-state index contributed by atoms with van der Waals surface area (Å²) in [6, 6.07) is 7.86. The standard InChI is InChI=1S/C21H30N8O/c1-26(2)8-9-28-10-12-29(13-11-28)21-23-18(15-6-5-7-16(14-15)30-4)17-19(22)27(3)25-20(17)24-21/h5-7,14H,8-13,22H2,1-4H3. The van der Waals surface area contributed by atoms with Crippen molar-refractivity contribution in [1.82, 2.24) is 29.5 Å². The molecule has 0 aliphatic carbocycles. The van der Waals surface area contributed by atoms with Crippen LogP contribution in [0.25, 0.3) is 22.3 Å². The number of benzene rings is 1. The normalized spacial score (nSPS) is 15.3. The van der Waals surface area contributed by atoms with Gasteiger partial charge in [-0.05, 0) is 26.2 Å². The minimum Gasteiger partial charge on any atom is -0.497 e. The van der Waals surface area contributed by atoms with Crippen LogP contribution in [0.4, 0.5) is 11.8 Å². The summed E-state index contributed by atoms with van der Waals surface area (Å²) in [5.74, 6) is 2.03. The second kappa shape index (κ2) is 8.45. The minimum absolute atomic E-state index is 0.558. The van der Waals surface area contributed by atoms with E-state index >= 15 is 0 Å². The van der Waals surface area contributed by atoms with Crippen molar-refractivity contribution in [3.05, 3.63) is 24.3 Å². The molecule has 9 nitrogen and oxygen atoms in total. The van der Waals surface area contributed by atoms with Crippen LogP contribution in [0.1, 0.15) is 0 Å². The fourth-order valence-corrected chi connectivity index (χ4v) is 3.74. The van der Waals surface area contributed by atoms with Crippen LogP contribution in [0.5, 0.6) is 5.75 Å². The Morgan fingerprint density at radius 1 is 1.13 bits per heavy atom. The molecule has 3 heterocycles. The van der Waals surface area contributed by atoms with Crippen molar-refractivity contribution in [1.29, 1.82) is 0 Å². The van der Waals surface area contributed by atoms with Crippen LogP contribution in [-0.4, -0.2) is 90.0 Å². The topological polar surface area (TPSA) is 88.6 Å². The SMILES string of the molecule is COc1cccc(-c2nc(N3CCN(CCN(C)C)CC3)nc3nn(C)c(N)c23)c1. The van der Waals surface area contributed by atoms with Crippen molar-refractivity contribution in [2.24, 2.45) is 7.05 Å². The Kier molecular flexibility index (Phi) is 5.74. The van der Waals surface area contributed by atoms with Crippen molar-refractivity contribution in [3.63, 3.8) is 0 Å². The van der Waals surface area contributed by atoms with E-state index in [0.29, 0.717) is 17.4 Å². The average molecular weight is 411 g/mol. The summed E-state index contributed by atoms with van der Waals surface area (Å²) in [4.78, 5) is 16.6. The van der Waals surface area contributed by atoms with Gasteiger partial charge in [-0.3, -0.25) is 9.58 Å². The Balaban J connectivity index is 1.67. The molecule has 2 aromatic heterocycles. The monoisotopic (exact) mass is 410 g/mol. The number of hydrogen-bond donors (Lipinski definition) is 1. The van der Waals surface area contributed by atoms with E-state index in [9.17, 15) is 0 Å².